The summed E-state index contributed by atoms with van der Waals surface area (Å²) < 4.78 is 11.0. The highest BCUT2D eigenvalue weighted by Crippen LogP contribution is 2.61. The van der Waals surface area contributed by atoms with Gasteiger partial charge in [0.1, 0.15) is 6.54 Å². The lowest BCUT2D eigenvalue weighted by molar-refractivity contribution is -0.144. The highest BCUT2D eigenvalue weighted by Gasteiger charge is 2.60. The van der Waals surface area contributed by atoms with E-state index in [1.54, 1.807) is 36.4 Å². The number of anilines is 2. The molecule has 10 fully saturated rings. The lowest BCUT2D eigenvalue weighted by Crippen LogP contribution is -2.55. The molecule has 8 bridgehead atoms. The second kappa shape index (κ2) is 19.2. The largest absolute Gasteiger partial charge is 0.480 e. The van der Waals surface area contributed by atoms with Crippen LogP contribution in [0.1, 0.15) is 133 Å². The highest BCUT2D eigenvalue weighted by molar-refractivity contribution is 6.07. The Hall–Kier alpha value is -6.04. The molecule has 0 radical (unpaired) electrons. The molecular weight excluding hydrogens is 911 g/mol. The summed E-state index contributed by atoms with van der Waals surface area (Å²) in [6, 6.07) is 9.45. The molecule has 2 aromatic carbocycles. The number of Topliss-reactive ketones (excluding diaryl/α,β-unsaturated/α-hetero) is 1. The Bertz CT molecular complexity index is 2460. The van der Waals surface area contributed by atoms with E-state index in [4.69, 9.17) is 20.3 Å². The molecule has 2 heterocycles. The zero-order chi connectivity index (χ0) is 48.6. The molecule has 0 aromatic heterocycles. The number of nitrogens with two attached hydrogens (primary N) is 1. The highest BCUT2D eigenvalue weighted by atomic mass is 16.6. The van der Waals surface area contributed by atoms with Gasteiger partial charge in [0, 0.05) is 61.4 Å². The zero-order valence-corrected chi connectivity index (χ0v) is 39.4. The van der Waals surface area contributed by atoms with Crippen molar-refractivity contribution in [3.8, 4) is 0 Å². The number of hydrogen-bond acceptors (Lipinski definition) is 11. The number of urea groups is 2. The van der Waals surface area contributed by atoms with Gasteiger partial charge in [-0.2, -0.15) is 0 Å². The van der Waals surface area contributed by atoms with Crippen LogP contribution >= 0.6 is 0 Å². The van der Waals surface area contributed by atoms with Crippen LogP contribution < -0.4 is 27.0 Å². The lowest BCUT2D eigenvalue weighted by atomic mass is 9.48. The van der Waals surface area contributed by atoms with E-state index < -0.39 is 47.7 Å². The summed E-state index contributed by atoms with van der Waals surface area (Å²) in [5.41, 5.74) is 7.81. The van der Waals surface area contributed by atoms with Crippen LogP contribution in [-0.2, 0) is 52.7 Å². The van der Waals surface area contributed by atoms with E-state index in [-0.39, 0.29) is 51.1 Å². The van der Waals surface area contributed by atoms with Gasteiger partial charge >= 0.3 is 30.2 Å². The quantitative estimate of drug-likeness (QED) is 0.150. The van der Waals surface area contributed by atoms with Gasteiger partial charge in [0.2, 0.25) is 11.2 Å². The summed E-state index contributed by atoms with van der Waals surface area (Å²) in [6.07, 6.45) is 16.2. The number of amides is 8. The number of ether oxygens (including phenoxy) is 2. The summed E-state index contributed by atoms with van der Waals surface area (Å²) in [4.78, 5) is 99.3. The van der Waals surface area contributed by atoms with Gasteiger partial charge in [0.15, 0.2) is 5.78 Å². The Morgan fingerprint density at radius 1 is 0.620 bits per heavy atom. The molecule has 71 heavy (non-hydrogen) atoms. The number of benzene rings is 2. The fourth-order valence-corrected chi connectivity index (χ4v) is 15.3. The number of imide groups is 2. The molecule has 2 aliphatic heterocycles. The van der Waals surface area contributed by atoms with Crippen molar-refractivity contribution in [1.29, 1.82) is 0 Å². The van der Waals surface area contributed by atoms with Crippen LogP contribution in [0.15, 0.2) is 36.4 Å². The van der Waals surface area contributed by atoms with E-state index in [9.17, 15) is 38.4 Å². The number of carboxylic acid groups (broad SMARTS) is 1. The van der Waals surface area contributed by atoms with E-state index in [1.165, 1.54) is 71.9 Å². The Labute approximate surface area is 415 Å². The molecule has 2 saturated heterocycles. The molecule has 2 atom stereocenters. The van der Waals surface area contributed by atoms with Crippen LogP contribution in [0.3, 0.4) is 0 Å². The predicted molar refractivity (Wildman–Crippen MR) is 262 cm³/mol. The molecule has 14 rings (SSSR count). The first kappa shape index (κ1) is 51.3. The summed E-state index contributed by atoms with van der Waals surface area (Å²) in [5.74, 6) is 2.87. The molecule has 0 unspecified atom stereocenters. The van der Waals surface area contributed by atoms with Crippen LogP contribution in [-0.4, -0.2) is 95.4 Å². The van der Waals surface area contributed by atoms with Crippen molar-refractivity contribution in [2.75, 3.05) is 37.8 Å². The Morgan fingerprint density at radius 2 is 1.00 bits per heavy atom. The van der Waals surface area contributed by atoms with Gasteiger partial charge in [-0.1, -0.05) is 27.0 Å². The summed E-state index contributed by atoms with van der Waals surface area (Å²) >= 11 is 0. The molecule has 18 heteroatoms. The van der Waals surface area contributed by atoms with E-state index in [2.05, 4.69) is 21.3 Å². The molecule has 7 N–H and O–H groups in total. The van der Waals surface area contributed by atoms with Gasteiger partial charge in [0.25, 0.3) is 11.8 Å². The Kier molecular flexibility index (Phi) is 13.9. The van der Waals surface area contributed by atoms with Crippen LogP contribution in [0.25, 0.3) is 0 Å². The molecule has 8 saturated carbocycles. The van der Waals surface area contributed by atoms with Gasteiger partial charge in [0.05, 0.1) is 6.54 Å². The smallest absolute Gasteiger partial charge is 0.418 e. The summed E-state index contributed by atoms with van der Waals surface area (Å²) in [5, 5.41) is 19.1. The van der Waals surface area contributed by atoms with Crippen molar-refractivity contribution in [3.63, 3.8) is 0 Å². The van der Waals surface area contributed by atoms with Crippen molar-refractivity contribution in [1.82, 2.24) is 20.4 Å². The number of hydrogen-bond donors (Lipinski definition) is 6. The number of carboxylic acids is 1. The molecule has 2 spiro atoms. The Balaban J connectivity index is 0.000000158. The number of aryl methyl sites for hydroxylation is 2. The average molecular weight is 982 g/mol. The maximum Gasteiger partial charge on any atom is 0.418 e. The van der Waals surface area contributed by atoms with Crippen molar-refractivity contribution in [2.24, 2.45) is 46.7 Å². The number of ketones is 1. The number of aliphatic carboxylic acids is 1. The van der Waals surface area contributed by atoms with Crippen LogP contribution in [0.5, 0.6) is 0 Å². The van der Waals surface area contributed by atoms with Crippen molar-refractivity contribution in [2.45, 2.75) is 141 Å². The third kappa shape index (κ3) is 9.48. The van der Waals surface area contributed by atoms with E-state index in [0.29, 0.717) is 58.6 Å². The maximum absolute atomic E-state index is 13.5. The second-order valence-electron chi connectivity index (χ2n) is 22.1. The normalized spacial score (nSPS) is 33.4. The number of carbonyl (C=O) groups is 8. The average Bonchev–Trinajstić information content (AvgIpc) is 3.97. The van der Waals surface area contributed by atoms with Crippen LogP contribution in [0.4, 0.5) is 30.6 Å². The number of fused-ring (bicyclic) bond motifs is 4. The molecule has 10 aliphatic carbocycles. The minimum atomic E-state index is -1.46. The van der Waals surface area contributed by atoms with Gasteiger partial charge in [-0.3, -0.25) is 19.2 Å². The molecular formula is C53H71N7O11. The fraction of sp³-hybridized carbons (Fsp3) is 0.623. The second-order valence-corrected chi connectivity index (χ2v) is 22.1. The standard InChI is InChI=1S/C26H31N3O5.C15H15N3O6.C10H17N.2CH4/c1-27-23(32)28-19-2-3-21-18(9-19)4-5-26(21)22(31)29(24(33)34-26)14-20(30)13-25-10-15-6-16(11-25)8-17(7-15)12-25;1-16-13(22)17-9-2-3-10-8(6-9)4-5-15(10)12(21)18(7-11(19)20)14(23)24-15;11-10-4-7-1-8(5-10)3-9(2-7)6-10;;/h2-3,9,15-17H,4-8,10-14H2,1H3,(H2,27,28,32);2-3,6H,4-5,7H2,1H3,(H,19,20)(H2,16,17,22);7-9H,1-6,11H2;2*1H4/t15?,16?,17?,25?,26-;15-;;;/m11.../s1. The van der Waals surface area contributed by atoms with E-state index in [0.717, 1.165) is 70.8 Å². The minimum absolute atomic E-state index is 0. The third-order valence-corrected chi connectivity index (χ3v) is 17.1. The number of nitrogens with one attached hydrogen (secondary N) is 4. The first-order valence-corrected chi connectivity index (χ1v) is 24.8. The predicted octanol–water partition coefficient (Wildman–Crippen LogP) is 7.56. The van der Waals surface area contributed by atoms with Gasteiger partial charge < -0.3 is 41.6 Å². The maximum atomic E-state index is 13.5. The van der Waals surface area contributed by atoms with Gasteiger partial charge in [-0.25, -0.2) is 29.0 Å². The lowest BCUT2D eigenvalue weighted by Gasteiger charge is -2.56. The molecule has 8 amide bonds. The summed E-state index contributed by atoms with van der Waals surface area (Å²) in [6.45, 7) is -0.933. The molecule has 18 nitrogen and oxygen atoms in total. The monoisotopic (exact) mass is 982 g/mol. The molecule has 12 aliphatic rings. The minimum Gasteiger partial charge on any atom is -0.480 e. The van der Waals surface area contributed by atoms with Crippen molar-refractivity contribution >= 4 is 59.2 Å². The first-order chi connectivity index (χ1) is 32.9. The summed E-state index contributed by atoms with van der Waals surface area (Å²) in [7, 11) is 3.03. The van der Waals surface area contributed by atoms with E-state index in [1.807, 2.05) is 0 Å². The number of carbonyl (C=O) groups excluding carboxylic acids is 7. The first-order valence-electron chi connectivity index (χ1n) is 24.8. The van der Waals surface area contributed by atoms with Gasteiger partial charge in [-0.05, 0) is 166 Å². The topological polar surface area (TPSA) is 256 Å². The number of rotatable bonds is 8. The van der Waals surface area contributed by atoms with Crippen molar-refractivity contribution < 1.29 is 52.9 Å². The molecule has 2 aromatic rings. The zero-order valence-electron chi connectivity index (χ0n) is 39.4. The van der Waals surface area contributed by atoms with Gasteiger partial charge in [-0.15, -0.1) is 0 Å². The fourth-order valence-electron chi connectivity index (χ4n) is 15.3. The SMILES string of the molecule is C.C.CNC(=O)Nc1ccc2c(c1)CC[C@@]21OC(=O)N(CC(=O)CC23CC4CC(CC(C4)C2)C3)C1=O.CNC(=O)Nc1ccc2c(c1)CC[C@@]21OC(=O)N(CC(=O)O)C1=O.NC12CC3CC(CC(C3)C1)C2. The van der Waals surface area contributed by atoms with Crippen LogP contribution in [0.2, 0.25) is 0 Å². The number of nitrogens with zero attached hydrogens (tertiary/aromatic N) is 2. The molecule has 384 valence electrons. The van der Waals surface area contributed by atoms with E-state index >= 15 is 0 Å². The van der Waals surface area contributed by atoms with Crippen molar-refractivity contribution in [3.05, 3.63) is 58.7 Å². The van der Waals surface area contributed by atoms with Crippen LogP contribution in [0, 0.1) is 40.9 Å². The Morgan fingerprint density at radius 3 is 1.37 bits per heavy atom. The third-order valence-electron chi connectivity index (χ3n) is 17.1.